The number of esters is 2. The van der Waals surface area contributed by atoms with Crippen LogP contribution in [0, 0.1) is 5.41 Å². The van der Waals surface area contributed by atoms with E-state index in [0.29, 0.717) is 32.5 Å². The van der Waals surface area contributed by atoms with Gasteiger partial charge in [-0.05, 0) is 89.1 Å². The second-order valence-electron chi connectivity index (χ2n) is 18.3. The number of hydrogen-bond donors (Lipinski definition) is 0. The third kappa shape index (κ3) is 29.2. The zero-order chi connectivity index (χ0) is 43.2. The summed E-state index contributed by atoms with van der Waals surface area (Å²) in [6.07, 6.45) is 34.7. The van der Waals surface area contributed by atoms with Crippen LogP contribution < -0.4 is 0 Å². The first kappa shape index (κ1) is 55.2. The van der Waals surface area contributed by atoms with Gasteiger partial charge in [0.2, 0.25) is 0 Å². The Kier molecular flexibility index (Phi) is 35.4. The standard InChI is InChI=1S/C51H98N2O6/c1-7-13-17-21-25-29-34-46(35-30-26-22-18-14-8-2)58-48(54)44-51(38-41-53(42-39-51)50(56)57-43-33-40-52(11-5)12-6)45-49(55)59-47(36-31-27-23-19-15-9-3)37-32-28-24-20-16-10-4/h46-47H,7-45H2,1-6H3. The highest BCUT2D eigenvalue weighted by atomic mass is 16.6. The van der Waals surface area contributed by atoms with E-state index < -0.39 is 5.41 Å². The molecule has 8 heteroatoms. The molecule has 0 aliphatic carbocycles. The minimum atomic E-state index is -0.594. The second kappa shape index (κ2) is 37.9. The summed E-state index contributed by atoms with van der Waals surface area (Å²) in [5.74, 6) is -0.384. The van der Waals surface area contributed by atoms with Gasteiger partial charge in [0.15, 0.2) is 0 Å². The van der Waals surface area contributed by atoms with Gasteiger partial charge in [0.1, 0.15) is 12.2 Å². The van der Waals surface area contributed by atoms with Gasteiger partial charge in [-0.2, -0.15) is 0 Å². The normalized spacial score (nSPS) is 14.1. The molecule has 348 valence electrons. The molecule has 1 aliphatic heterocycles. The van der Waals surface area contributed by atoms with Crippen LogP contribution >= 0.6 is 0 Å². The highest BCUT2D eigenvalue weighted by Gasteiger charge is 2.41. The zero-order valence-corrected chi connectivity index (χ0v) is 40.1. The van der Waals surface area contributed by atoms with Gasteiger partial charge in [0.05, 0.1) is 19.4 Å². The molecule has 0 aromatic carbocycles. The Morgan fingerprint density at radius 2 is 0.831 bits per heavy atom. The topological polar surface area (TPSA) is 85.4 Å². The lowest BCUT2D eigenvalue weighted by Crippen LogP contribution is -2.45. The molecule has 0 atom stereocenters. The van der Waals surface area contributed by atoms with E-state index in [2.05, 4.69) is 46.4 Å². The van der Waals surface area contributed by atoms with E-state index in [4.69, 9.17) is 14.2 Å². The number of nitrogens with zero attached hydrogens (tertiary/aromatic N) is 2. The summed E-state index contributed by atoms with van der Waals surface area (Å²) in [5, 5.41) is 0. The Hall–Kier alpha value is -1.83. The van der Waals surface area contributed by atoms with Crippen LogP contribution in [0.5, 0.6) is 0 Å². The first-order chi connectivity index (χ1) is 28.8. The fourth-order valence-corrected chi connectivity index (χ4v) is 8.86. The molecule has 0 saturated carbocycles. The van der Waals surface area contributed by atoms with Gasteiger partial charge in [0.25, 0.3) is 0 Å². The summed E-state index contributed by atoms with van der Waals surface area (Å²) in [5.41, 5.74) is -0.594. The maximum absolute atomic E-state index is 14.0. The van der Waals surface area contributed by atoms with Crippen molar-refractivity contribution in [3.63, 3.8) is 0 Å². The minimum absolute atomic E-state index is 0.0747. The van der Waals surface area contributed by atoms with Crippen LogP contribution in [-0.4, -0.2) is 79.4 Å². The van der Waals surface area contributed by atoms with Crippen molar-refractivity contribution in [1.82, 2.24) is 9.80 Å². The average molecular weight is 835 g/mol. The molecular weight excluding hydrogens is 737 g/mol. The maximum Gasteiger partial charge on any atom is 0.409 e. The van der Waals surface area contributed by atoms with Gasteiger partial charge in [-0.15, -0.1) is 0 Å². The molecule has 0 bridgehead atoms. The SMILES string of the molecule is CCCCCCCCC(CCCCCCCC)OC(=O)CC1(CC(=O)OC(CCCCCCCC)CCCCCCCC)CCN(C(=O)OCCCN(CC)CC)CC1. The van der Waals surface area contributed by atoms with Crippen molar-refractivity contribution in [1.29, 1.82) is 0 Å². The van der Waals surface area contributed by atoms with Crippen LogP contribution in [-0.2, 0) is 23.8 Å². The number of carbonyl (C=O) groups excluding carboxylic acids is 3. The van der Waals surface area contributed by atoms with Gasteiger partial charge in [-0.25, -0.2) is 4.79 Å². The predicted octanol–water partition coefficient (Wildman–Crippen LogP) is 14.5. The molecule has 1 fully saturated rings. The Balaban J connectivity index is 3.05. The van der Waals surface area contributed by atoms with Crippen molar-refractivity contribution in [3.05, 3.63) is 0 Å². The number of rotatable bonds is 40. The van der Waals surface area contributed by atoms with Crippen molar-refractivity contribution in [3.8, 4) is 0 Å². The highest BCUT2D eigenvalue weighted by molar-refractivity contribution is 5.75. The van der Waals surface area contributed by atoms with Gasteiger partial charge < -0.3 is 24.0 Å². The summed E-state index contributed by atoms with van der Waals surface area (Å²) in [7, 11) is 0. The van der Waals surface area contributed by atoms with Crippen LogP contribution in [0.25, 0.3) is 0 Å². The lowest BCUT2D eigenvalue weighted by Gasteiger charge is -2.40. The first-order valence-corrected chi connectivity index (χ1v) is 25.8. The van der Waals surface area contributed by atoms with E-state index >= 15 is 0 Å². The number of amides is 1. The quantitative estimate of drug-likeness (QED) is 0.0345. The van der Waals surface area contributed by atoms with Crippen LogP contribution in [0.3, 0.4) is 0 Å². The predicted molar refractivity (Wildman–Crippen MR) is 248 cm³/mol. The van der Waals surface area contributed by atoms with Gasteiger partial charge in [-0.1, -0.05) is 170 Å². The van der Waals surface area contributed by atoms with Crippen molar-refractivity contribution in [2.45, 2.75) is 266 Å². The fraction of sp³-hybridized carbons (Fsp3) is 0.941. The molecule has 59 heavy (non-hydrogen) atoms. The molecule has 0 spiro atoms. The second-order valence-corrected chi connectivity index (χ2v) is 18.3. The van der Waals surface area contributed by atoms with E-state index in [1.165, 1.54) is 128 Å². The molecular formula is C51H98N2O6. The van der Waals surface area contributed by atoms with E-state index in [-0.39, 0.29) is 43.1 Å². The Morgan fingerprint density at radius 3 is 1.17 bits per heavy atom. The van der Waals surface area contributed by atoms with Crippen molar-refractivity contribution >= 4 is 18.0 Å². The van der Waals surface area contributed by atoms with Crippen LogP contribution in [0.1, 0.15) is 253 Å². The van der Waals surface area contributed by atoms with Crippen molar-refractivity contribution < 1.29 is 28.6 Å². The number of ether oxygens (including phenoxy) is 3. The number of likely N-dealkylation sites (tertiary alicyclic amines) is 1. The molecule has 0 radical (unpaired) electrons. The van der Waals surface area contributed by atoms with E-state index in [1.807, 2.05) is 0 Å². The molecule has 1 amide bonds. The largest absolute Gasteiger partial charge is 0.462 e. The van der Waals surface area contributed by atoms with Gasteiger partial charge in [-0.3, -0.25) is 9.59 Å². The monoisotopic (exact) mass is 835 g/mol. The van der Waals surface area contributed by atoms with Crippen LogP contribution in [0.2, 0.25) is 0 Å². The van der Waals surface area contributed by atoms with Crippen LogP contribution in [0.15, 0.2) is 0 Å². The van der Waals surface area contributed by atoms with Crippen molar-refractivity contribution in [2.75, 3.05) is 39.3 Å². The van der Waals surface area contributed by atoms with E-state index in [1.54, 1.807) is 4.90 Å². The number of piperidine rings is 1. The Morgan fingerprint density at radius 1 is 0.492 bits per heavy atom. The Labute approximate surface area is 365 Å². The van der Waals surface area contributed by atoms with Gasteiger partial charge in [0, 0.05) is 19.6 Å². The molecule has 8 nitrogen and oxygen atoms in total. The summed E-state index contributed by atoms with van der Waals surface area (Å²) in [6, 6.07) is 0. The van der Waals surface area contributed by atoms with E-state index in [9.17, 15) is 14.4 Å². The Bertz CT molecular complexity index is 909. The summed E-state index contributed by atoms with van der Waals surface area (Å²) in [4.78, 5) is 45.2. The highest BCUT2D eigenvalue weighted by Crippen LogP contribution is 2.40. The lowest BCUT2D eigenvalue weighted by atomic mass is 9.73. The third-order valence-corrected chi connectivity index (χ3v) is 13.0. The average Bonchev–Trinajstić information content (AvgIpc) is 3.22. The molecule has 1 aliphatic rings. The first-order valence-electron chi connectivity index (χ1n) is 25.8. The number of unbranched alkanes of at least 4 members (excludes halogenated alkanes) is 20. The summed E-state index contributed by atoms with van der Waals surface area (Å²) in [6.45, 7) is 17.5. The molecule has 0 unspecified atom stereocenters. The molecule has 0 N–H and O–H groups in total. The molecule has 1 saturated heterocycles. The smallest absolute Gasteiger partial charge is 0.409 e. The lowest BCUT2D eigenvalue weighted by molar-refractivity contribution is -0.158. The number of carbonyl (C=O) groups is 3. The van der Waals surface area contributed by atoms with Crippen LogP contribution in [0.4, 0.5) is 4.79 Å². The summed E-state index contributed by atoms with van der Waals surface area (Å²) >= 11 is 0. The van der Waals surface area contributed by atoms with Gasteiger partial charge >= 0.3 is 18.0 Å². The number of hydrogen-bond acceptors (Lipinski definition) is 7. The minimum Gasteiger partial charge on any atom is -0.462 e. The molecule has 1 rings (SSSR count). The molecule has 1 heterocycles. The van der Waals surface area contributed by atoms with E-state index in [0.717, 1.165) is 77.4 Å². The zero-order valence-electron chi connectivity index (χ0n) is 40.1. The third-order valence-electron chi connectivity index (χ3n) is 13.0. The molecule has 0 aromatic heterocycles. The summed E-state index contributed by atoms with van der Waals surface area (Å²) < 4.78 is 18.4. The fourth-order valence-electron chi connectivity index (χ4n) is 8.86. The maximum atomic E-state index is 14.0. The van der Waals surface area contributed by atoms with Crippen molar-refractivity contribution in [2.24, 2.45) is 5.41 Å². The molecule has 0 aromatic rings.